The number of nitrogens with zero attached hydrogens (tertiary/aromatic N) is 3. The summed E-state index contributed by atoms with van der Waals surface area (Å²) in [6.07, 6.45) is -1.08. The van der Waals surface area contributed by atoms with E-state index in [1.54, 1.807) is 35.4 Å². The number of carbonyl (C=O) groups is 1. The van der Waals surface area contributed by atoms with E-state index in [1.165, 1.54) is 6.33 Å². The van der Waals surface area contributed by atoms with Crippen LogP contribution in [-0.4, -0.2) is 61.7 Å². The van der Waals surface area contributed by atoms with Gasteiger partial charge in [0.2, 0.25) is 5.91 Å². The molecule has 3 atom stereocenters. The molecule has 1 amide bonds. The lowest BCUT2D eigenvalue weighted by atomic mass is 9.90. The third-order valence-corrected chi connectivity index (χ3v) is 7.42. The van der Waals surface area contributed by atoms with E-state index in [4.69, 9.17) is 23.2 Å². The minimum atomic E-state index is -4.45. The van der Waals surface area contributed by atoms with Gasteiger partial charge in [0.1, 0.15) is 23.8 Å². The number of alkyl halides is 3. The summed E-state index contributed by atoms with van der Waals surface area (Å²) in [6.45, 7) is 2.14. The molecule has 1 aromatic carbocycles. The standard InChI is InChI=1S/C23H25Cl2F3N6OSi/c1-36-7-4-18(32-15-9-13(24)8-14(25)10-15)22(35)33-19-11-34(6-3-17(19)23(26,27)28)21-16-2-5-29-20(16)30-12-31-21/h2,5,8-10,12,17-19,32H,3-4,6-7,11H2,1H3,(H,33,35)(H,29,30,31)/t17-,18+,19-/m0/s1. The normalized spacial score (nSPS) is 19.3. The first-order valence-corrected chi connectivity index (χ1v) is 13.9. The number of amides is 1. The molecule has 13 heteroatoms. The zero-order chi connectivity index (χ0) is 25.9. The van der Waals surface area contributed by atoms with Gasteiger partial charge in [0.15, 0.2) is 0 Å². The van der Waals surface area contributed by atoms with Gasteiger partial charge in [-0.15, -0.1) is 0 Å². The van der Waals surface area contributed by atoms with E-state index in [9.17, 15) is 18.0 Å². The Morgan fingerprint density at radius 2 is 2.03 bits per heavy atom. The number of benzene rings is 1. The zero-order valence-electron chi connectivity index (χ0n) is 19.4. The second kappa shape index (κ2) is 11.3. The number of carbonyl (C=O) groups excluding carboxylic acids is 1. The molecular weight excluding hydrogens is 532 g/mol. The van der Waals surface area contributed by atoms with Crippen molar-refractivity contribution in [1.29, 1.82) is 0 Å². The van der Waals surface area contributed by atoms with Gasteiger partial charge in [-0.3, -0.25) is 4.79 Å². The summed E-state index contributed by atoms with van der Waals surface area (Å²) in [4.78, 5) is 26.6. The van der Waals surface area contributed by atoms with Gasteiger partial charge in [0, 0.05) is 44.5 Å². The van der Waals surface area contributed by atoms with Crippen molar-refractivity contribution in [2.75, 3.05) is 23.3 Å². The van der Waals surface area contributed by atoms with Crippen molar-refractivity contribution in [2.24, 2.45) is 5.92 Å². The van der Waals surface area contributed by atoms with Crippen LogP contribution in [-0.2, 0) is 4.79 Å². The molecule has 2 aromatic heterocycles. The molecule has 3 heterocycles. The Morgan fingerprint density at radius 1 is 1.28 bits per heavy atom. The molecule has 4 rings (SSSR count). The second-order valence-corrected chi connectivity index (χ2v) is 10.8. The molecular formula is C23H25Cl2F3N6OSi. The maximum absolute atomic E-state index is 14.0. The fourth-order valence-corrected chi connectivity index (χ4v) is 5.58. The van der Waals surface area contributed by atoms with Gasteiger partial charge < -0.3 is 20.5 Å². The molecule has 0 bridgehead atoms. The summed E-state index contributed by atoms with van der Waals surface area (Å²) in [5, 5.41) is 7.30. The van der Waals surface area contributed by atoms with E-state index in [0.29, 0.717) is 48.5 Å². The van der Waals surface area contributed by atoms with Crippen LogP contribution in [0, 0.1) is 5.92 Å². The van der Waals surface area contributed by atoms with Gasteiger partial charge in [-0.2, -0.15) is 13.2 Å². The van der Waals surface area contributed by atoms with Crippen LogP contribution in [0.4, 0.5) is 24.7 Å². The van der Waals surface area contributed by atoms with Crippen molar-refractivity contribution < 1.29 is 18.0 Å². The second-order valence-electron chi connectivity index (χ2n) is 8.68. The van der Waals surface area contributed by atoms with Gasteiger partial charge in [0.25, 0.3) is 0 Å². The Labute approximate surface area is 219 Å². The molecule has 1 saturated heterocycles. The van der Waals surface area contributed by atoms with Crippen LogP contribution in [0.3, 0.4) is 0 Å². The molecule has 36 heavy (non-hydrogen) atoms. The summed E-state index contributed by atoms with van der Waals surface area (Å²) in [5.41, 5.74) is 1.13. The first kappa shape index (κ1) is 26.6. The highest BCUT2D eigenvalue weighted by atomic mass is 35.5. The lowest BCUT2D eigenvalue weighted by Crippen LogP contribution is -2.58. The van der Waals surface area contributed by atoms with E-state index in [2.05, 4.69) is 25.6 Å². The number of aromatic amines is 1. The summed E-state index contributed by atoms with van der Waals surface area (Å²) in [5.74, 6) is -1.63. The predicted octanol–water partition coefficient (Wildman–Crippen LogP) is 5.18. The average Bonchev–Trinajstić information content (AvgIpc) is 3.29. The van der Waals surface area contributed by atoms with Crippen molar-refractivity contribution >= 4 is 61.2 Å². The molecule has 1 aliphatic heterocycles. The van der Waals surface area contributed by atoms with Gasteiger partial charge in [0.05, 0.1) is 17.3 Å². The maximum Gasteiger partial charge on any atom is 0.393 e. The molecule has 0 aliphatic carbocycles. The van der Waals surface area contributed by atoms with Crippen LogP contribution < -0.4 is 15.5 Å². The molecule has 192 valence electrons. The third-order valence-electron chi connectivity index (χ3n) is 6.20. The first-order chi connectivity index (χ1) is 17.2. The summed E-state index contributed by atoms with van der Waals surface area (Å²) in [7, 11) is 0.586. The van der Waals surface area contributed by atoms with Crippen molar-refractivity contribution in [1.82, 2.24) is 20.3 Å². The van der Waals surface area contributed by atoms with E-state index < -0.39 is 30.1 Å². The monoisotopic (exact) mass is 556 g/mol. The summed E-state index contributed by atoms with van der Waals surface area (Å²) >= 11 is 12.2. The SMILES string of the molecule is C[Si]CC[C@@H](Nc1cc(Cl)cc(Cl)c1)C(=O)N[C@H]1CN(c2ncnc3[nH]ccc23)CC[C@@H]1C(F)(F)F. The molecule has 0 spiro atoms. The topological polar surface area (TPSA) is 85.9 Å². The molecule has 1 fully saturated rings. The average molecular weight is 557 g/mol. The fourth-order valence-electron chi connectivity index (χ4n) is 4.47. The Bertz CT molecular complexity index is 1190. The van der Waals surface area contributed by atoms with Crippen LogP contribution in [0.25, 0.3) is 11.0 Å². The van der Waals surface area contributed by atoms with E-state index >= 15 is 0 Å². The van der Waals surface area contributed by atoms with Gasteiger partial charge in [-0.1, -0.05) is 35.8 Å². The maximum atomic E-state index is 14.0. The number of H-pyrrole nitrogens is 1. The smallest absolute Gasteiger partial charge is 0.374 e. The van der Waals surface area contributed by atoms with Crippen molar-refractivity contribution in [3.05, 3.63) is 46.8 Å². The number of fused-ring (bicyclic) bond motifs is 1. The van der Waals surface area contributed by atoms with Crippen molar-refractivity contribution in [3.63, 3.8) is 0 Å². The lowest BCUT2D eigenvalue weighted by Gasteiger charge is -2.40. The molecule has 2 radical (unpaired) electrons. The van der Waals surface area contributed by atoms with E-state index in [0.717, 1.165) is 6.04 Å². The fraction of sp³-hybridized carbons (Fsp3) is 0.435. The highest BCUT2D eigenvalue weighted by Gasteiger charge is 2.48. The molecule has 7 nitrogen and oxygen atoms in total. The number of aromatic nitrogens is 3. The number of anilines is 2. The van der Waals surface area contributed by atoms with E-state index in [-0.39, 0.29) is 19.5 Å². The van der Waals surface area contributed by atoms with Crippen LogP contribution in [0.1, 0.15) is 12.8 Å². The highest BCUT2D eigenvalue weighted by molar-refractivity contribution is 6.35. The molecule has 3 N–H and O–H groups in total. The van der Waals surface area contributed by atoms with Crippen LogP contribution >= 0.6 is 23.2 Å². The molecule has 3 aromatic rings. The quantitative estimate of drug-likeness (QED) is 0.333. The van der Waals surface area contributed by atoms with Gasteiger partial charge in [-0.05, 0) is 37.1 Å². The van der Waals surface area contributed by atoms with Crippen LogP contribution in [0.5, 0.6) is 0 Å². The molecule has 0 unspecified atom stereocenters. The van der Waals surface area contributed by atoms with Crippen LogP contribution in [0.15, 0.2) is 36.8 Å². The number of hydrogen-bond acceptors (Lipinski definition) is 5. The van der Waals surface area contributed by atoms with Crippen LogP contribution in [0.2, 0.25) is 22.6 Å². The minimum Gasteiger partial charge on any atom is -0.374 e. The largest absolute Gasteiger partial charge is 0.393 e. The minimum absolute atomic E-state index is 0.0293. The number of halogens is 5. The van der Waals surface area contributed by atoms with Gasteiger partial charge >= 0.3 is 6.18 Å². The highest BCUT2D eigenvalue weighted by Crippen LogP contribution is 2.36. The third kappa shape index (κ3) is 6.24. The van der Waals surface area contributed by atoms with Gasteiger partial charge in [-0.25, -0.2) is 9.97 Å². The molecule has 0 saturated carbocycles. The Morgan fingerprint density at radius 3 is 2.72 bits per heavy atom. The Hall–Kier alpha value is -2.50. The predicted molar refractivity (Wildman–Crippen MR) is 137 cm³/mol. The van der Waals surface area contributed by atoms with Crippen molar-refractivity contribution in [3.8, 4) is 0 Å². The summed E-state index contributed by atoms with van der Waals surface area (Å²) < 4.78 is 41.9. The van der Waals surface area contributed by atoms with Crippen molar-refractivity contribution in [2.45, 2.75) is 43.7 Å². The first-order valence-electron chi connectivity index (χ1n) is 11.4. The Balaban J connectivity index is 1.56. The molecule has 1 aliphatic rings. The Kier molecular flexibility index (Phi) is 8.31. The van der Waals surface area contributed by atoms with E-state index in [1.807, 2.05) is 6.55 Å². The lowest BCUT2D eigenvalue weighted by molar-refractivity contribution is -0.186. The zero-order valence-corrected chi connectivity index (χ0v) is 21.9. The number of piperidine rings is 1. The summed E-state index contributed by atoms with van der Waals surface area (Å²) in [6, 6.07) is 5.45. The number of nitrogens with one attached hydrogen (secondary N) is 3. The number of rotatable bonds is 8. The number of hydrogen-bond donors (Lipinski definition) is 3.